The third-order valence-electron chi connectivity index (χ3n) is 5.72. The summed E-state index contributed by atoms with van der Waals surface area (Å²) in [6, 6.07) is 7.13. The number of amides is 1. The summed E-state index contributed by atoms with van der Waals surface area (Å²) < 4.78 is 13.2. The lowest BCUT2D eigenvalue weighted by Gasteiger charge is -2.52. The molecule has 0 aromatic heterocycles. The van der Waals surface area contributed by atoms with E-state index >= 15 is 0 Å². The molecule has 3 rings (SSSR count). The molecule has 1 spiro atoms. The molecule has 0 aliphatic carbocycles. The number of likely N-dealkylation sites (tertiary alicyclic amines) is 2. The molecule has 0 radical (unpaired) electrons. The van der Waals surface area contributed by atoms with Gasteiger partial charge in [0.2, 0.25) is 5.91 Å². The van der Waals surface area contributed by atoms with Gasteiger partial charge in [0, 0.05) is 25.6 Å². The van der Waals surface area contributed by atoms with Gasteiger partial charge in [-0.1, -0.05) is 25.1 Å². The summed E-state index contributed by atoms with van der Waals surface area (Å²) in [7, 11) is 0. The van der Waals surface area contributed by atoms with Crippen LogP contribution < -0.4 is 0 Å². The van der Waals surface area contributed by atoms with Crippen LogP contribution in [-0.2, 0) is 11.3 Å². The lowest BCUT2D eigenvalue weighted by molar-refractivity contribution is -0.134. The maximum Gasteiger partial charge on any atom is 0.223 e. The summed E-state index contributed by atoms with van der Waals surface area (Å²) in [5, 5.41) is 0. The third-order valence-corrected chi connectivity index (χ3v) is 5.72. The Morgan fingerprint density at radius 3 is 2.75 bits per heavy atom. The molecule has 2 atom stereocenters. The van der Waals surface area contributed by atoms with Crippen LogP contribution in [0.1, 0.15) is 44.6 Å². The molecule has 2 aliphatic rings. The van der Waals surface area contributed by atoms with Crippen LogP contribution in [0.3, 0.4) is 0 Å². The van der Waals surface area contributed by atoms with Crippen LogP contribution in [0.15, 0.2) is 36.9 Å². The molecule has 4 heteroatoms. The summed E-state index contributed by atoms with van der Waals surface area (Å²) >= 11 is 0. The number of carbonyl (C=O) groups excluding carboxylic acids is 1. The first-order chi connectivity index (χ1) is 11.6. The van der Waals surface area contributed by atoms with Gasteiger partial charge >= 0.3 is 0 Å². The number of piperidine rings is 1. The van der Waals surface area contributed by atoms with Crippen molar-refractivity contribution in [1.82, 2.24) is 9.80 Å². The zero-order valence-electron chi connectivity index (χ0n) is 14.5. The summed E-state index contributed by atoms with van der Waals surface area (Å²) in [4.78, 5) is 17.0. The van der Waals surface area contributed by atoms with Gasteiger partial charge in [-0.3, -0.25) is 9.69 Å². The fraction of sp³-hybridized carbons (Fsp3) is 0.550. The Bertz CT molecular complexity index is 600. The van der Waals surface area contributed by atoms with Gasteiger partial charge in [0.05, 0.1) is 5.54 Å². The Kier molecular flexibility index (Phi) is 5.04. The summed E-state index contributed by atoms with van der Waals surface area (Å²) in [6.45, 7) is 8.54. The van der Waals surface area contributed by atoms with Crippen LogP contribution in [0.5, 0.6) is 0 Å². The van der Waals surface area contributed by atoms with Gasteiger partial charge in [-0.25, -0.2) is 4.39 Å². The van der Waals surface area contributed by atoms with E-state index in [1.165, 1.54) is 12.1 Å². The highest BCUT2D eigenvalue weighted by Crippen LogP contribution is 2.43. The second-order valence-corrected chi connectivity index (χ2v) is 7.02. The van der Waals surface area contributed by atoms with Crippen LogP contribution >= 0.6 is 0 Å². The predicted molar refractivity (Wildman–Crippen MR) is 94.0 cm³/mol. The molecule has 2 aliphatic heterocycles. The minimum atomic E-state index is -0.195. The zero-order valence-corrected chi connectivity index (χ0v) is 14.5. The predicted octanol–water partition coefficient (Wildman–Crippen LogP) is 3.75. The molecule has 24 heavy (non-hydrogen) atoms. The molecule has 1 amide bonds. The highest BCUT2D eigenvalue weighted by molar-refractivity contribution is 5.80. The highest BCUT2D eigenvalue weighted by atomic mass is 19.1. The second-order valence-electron chi connectivity index (χ2n) is 7.02. The number of benzene rings is 1. The van der Waals surface area contributed by atoms with Crippen molar-refractivity contribution >= 4 is 5.91 Å². The normalized spacial score (nSPS) is 27.8. The first-order valence-electron chi connectivity index (χ1n) is 9.00. The Morgan fingerprint density at radius 2 is 2.08 bits per heavy atom. The Morgan fingerprint density at radius 1 is 1.33 bits per heavy atom. The number of carbonyl (C=O) groups is 1. The average Bonchev–Trinajstić information content (AvgIpc) is 2.88. The minimum Gasteiger partial charge on any atom is -0.332 e. The number of nitrogens with zero attached hydrogens (tertiary/aromatic N) is 2. The van der Waals surface area contributed by atoms with Gasteiger partial charge in [-0.15, -0.1) is 6.58 Å². The van der Waals surface area contributed by atoms with Crippen molar-refractivity contribution in [1.29, 1.82) is 0 Å². The second kappa shape index (κ2) is 7.06. The minimum absolute atomic E-state index is 0.0572. The molecule has 2 heterocycles. The van der Waals surface area contributed by atoms with Gasteiger partial charge in [-0.2, -0.15) is 0 Å². The van der Waals surface area contributed by atoms with E-state index in [2.05, 4.69) is 23.3 Å². The lowest BCUT2D eigenvalue weighted by atomic mass is 9.77. The van der Waals surface area contributed by atoms with Crippen molar-refractivity contribution in [3.05, 3.63) is 48.3 Å². The summed E-state index contributed by atoms with van der Waals surface area (Å²) in [6.07, 6.45) is 6.62. The summed E-state index contributed by atoms with van der Waals surface area (Å²) in [5.41, 5.74) is 1.07. The molecule has 1 aromatic carbocycles. The Balaban J connectivity index is 1.85. The zero-order chi connectivity index (χ0) is 17.2. The van der Waals surface area contributed by atoms with Gasteiger partial charge in [0.15, 0.2) is 0 Å². The van der Waals surface area contributed by atoms with Crippen LogP contribution in [-0.4, -0.2) is 40.4 Å². The Labute approximate surface area is 144 Å². The molecule has 0 unspecified atom stereocenters. The van der Waals surface area contributed by atoms with Crippen molar-refractivity contribution in [3.8, 4) is 0 Å². The van der Waals surface area contributed by atoms with E-state index in [4.69, 9.17) is 0 Å². The van der Waals surface area contributed by atoms with E-state index in [0.717, 1.165) is 44.3 Å². The largest absolute Gasteiger partial charge is 0.332 e. The number of halogens is 1. The van der Waals surface area contributed by atoms with Crippen molar-refractivity contribution in [3.63, 3.8) is 0 Å². The van der Waals surface area contributed by atoms with Crippen LogP contribution in [0.4, 0.5) is 4.39 Å². The smallest absolute Gasteiger partial charge is 0.223 e. The van der Waals surface area contributed by atoms with Crippen molar-refractivity contribution in [2.75, 3.05) is 13.1 Å². The van der Waals surface area contributed by atoms with Crippen molar-refractivity contribution in [2.45, 2.75) is 57.2 Å². The molecule has 3 nitrogen and oxygen atoms in total. The van der Waals surface area contributed by atoms with Crippen LogP contribution in [0.2, 0.25) is 0 Å². The summed E-state index contributed by atoms with van der Waals surface area (Å²) in [5.74, 6) is 0.0661. The average molecular weight is 330 g/mol. The van der Waals surface area contributed by atoms with Crippen LogP contribution in [0.25, 0.3) is 0 Å². The molecular formula is C20H27FN2O. The molecule has 1 aromatic rings. The first-order valence-corrected chi connectivity index (χ1v) is 9.00. The van der Waals surface area contributed by atoms with E-state index in [1.54, 1.807) is 0 Å². The maximum absolute atomic E-state index is 13.2. The van der Waals surface area contributed by atoms with E-state index in [0.29, 0.717) is 19.0 Å². The standard InChI is InChI=1S/C20H27FN2O/c1-3-13-23-19(24)10-12-20(23)11-5-14-22(18(20)4-2)15-16-6-8-17(21)9-7-16/h3,6-9,18H,1,4-5,10-15H2,2H3/t18-,20-/m0/s1. The van der Waals surface area contributed by atoms with Crippen molar-refractivity contribution < 1.29 is 9.18 Å². The maximum atomic E-state index is 13.2. The van der Waals surface area contributed by atoms with E-state index in [-0.39, 0.29) is 17.3 Å². The SMILES string of the molecule is C=CCN1C(=O)CC[C@]12CCCN(Cc1ccc(F)cc1)[C@H]2CC. The van der Waals surface area contributed by atoms with Crippen LogP contribution in [0, 0.1) is 5.82 Å². The van der Waals surface area contributed by atoms with Gasteiger partial charge in [0.1, 0.15) is 5.82 Å². The van der Waals surface area contributed by atoms with Gasteiger partial charge < -0.3 is 4.90 Å². The fourth-order valence-corrected chi connectivity index (χ4v) is 4.76. The number of hydrogen-bond donors (Lipinski definition) is 0. The lowest BCUT2D eigenvalue weighted by Crippen LogP contribution is -2.62. The molecule has 2 saturated heterocycles. The topological polar surface area (TPSA) is 23.6 Å². The molecule has 2 fully saturated rings. The molecular weight excluding hydrogens is 303 g/mol. The third kappa shape index (κ3) is 3.00. The quantitative estimate of drug-likeness (QED) is 0.768. The molecule has 0 saturated carbocycles. The molecule has 0 N–H and O–H groups in total. The van der Waals surface area contributed by atoms with Gasteiger partial charge in [0.25, 0.3) is 0 Å². The number of hydrogen-bond acceptors (Lipinski definition) is 2. The monoisotopic (exact) mass is 330 g/mol. The van der Waals surface area contributed by atoms with E-state index in [1.807, 2.05) is 18.2 Å². The van der Waals surface area contributed by atoms with E-state index < -0.39 is 0 Å². The first kappa shape index (κ1) is 17.2. The number of rotatable bonds is 5. The molecule has 130 valence electrons. The Hall–Kier alpha value is -1.68. The molecule has 0 bridgehead atoms. The fourth-order valence-electron chi connectivity index (χ4n) is 4.76. The van der Waals surface area contributed by atoms with Crippen molar-refractivity contribution in [2.24, 2.45) is 0 Å². The van der Waals surface area contributed by atoms with E-state index in [9.17, 15) is 9.18 Å². The highest BCUT2D eigenvalue weighted by Gasteiger charge is 2.52. The van der Waals surface area contributed by atoms with Gasteiger partial charge in [-0.05, 0) is 49.9 Å².